The third-order valence-corrected chi connectivity index (χ3v) is 3.92. The minimum Gasteiger partial charge on any atom is -0.370 e. The van der Waals surface area contributed by atoms with Crippen molar-refractivity contribution in [2.24, 2.45) is 0 Å². The van der Waals surface area contributed by atoms with Gasteiger partial charge in [0.25, 0.3) is 0 Å². The van der Waals surface area contributed by atoms with Gasteiger partial charge < -0.3 is 10.2 Å². The van der Waals surface area contributed by atoms with Crippen molar-refractivity contribution in [2.75, 3.05) is 23.8 Å². The second kappa shape index (κ2) is 6.65. The summed E-state index contributed by atoms with van der Waals surface area (Å²) >= 11 is 1.68. The number of nitrogens with one attached hydrogen (secondary N) is 1. The Morgan fingerprint density at radius 1 is 1.30 bits per heavy atom. The second-order valence-electron chi connectivity index (χ2n) is 4.80. The van der Waals surface area contributed by atoms with Crippen LogP contribution in [0.15, 0.2) is 11.6 Å². The topological polar surface area (TPSA) is 53.9 Å². The van der Waals surface area contributed by atoms with Crippen LogP contribution in [0.3, 0.4) is 0 Å². The summed E-state index contributed by atoms with van der Waals surface area (Å²) in [6, 6.07) is 2.00. The average molecular weight is 291 g/mol. The molecule has 2 aromatic rings. The van der Waals surface area contributed by atoms with E-state index in [4.69, 9.17) is 0 Å². The zero-order valence-electron chi connectivity index (χ0n) is 12.5. The van der Waals surface area contributed by atoms with Crippen LogP contribution in [-0.4, -0.2) is 28.5 Å². The molecule has 0 spiro atoms. The van der Waals surface area contributed by atoms with Gasteiger partial charge in [-0.25, -0.2) is 15.0 Å². The van der Waals surface area contributed by atoms with Crippen molar-refractivity contribution in [3.05, 3.63) is 28.0 Å². The Morgan fingerprint density at radius 2 is 2.10 bits per heavy atom. The Morgan fingerprint density at radius 3 is 2.75 bits per heavy atom. The van der Waals surface area contributed by atoms with Gasteiger partial charge in [-0.05, 0) is 20.3 Å². The molecule has 0 unspecified atom stereocenters. The summed E-state index contributed by atoms with van der Waals surface area (Å²) in [5, 5.41) is 3.31. The average Bonchev–Trinajstić information content (AvgIpc) is 2.81. The minimum atomic E-state index is 0.786. The van der Waals surface area contributed by atoms with Gasteiger partial charge in [0.05, 0.1) is 17.7 Å². The third-order valence-electron chi connectivity index (χ3n) is 3.00. The molecule has 0 amide bonds. The van der Waals surface area contributed by atoms with Gasteiger partial charge in [0.1, 0.15) is 17.5 Å². The van der Waals surface area contributed by atoms with Crippen LogP contribution in [0.5, 0.6) is 0 Å². The fourth-order valence-electron chi connectivity index (χ4n) is 1.87. The Bertz CT molecular complexity index is 566. The summed E-state index contributed by atoms with van der Waals surface area (Å²) in [7, 11) is 2.05. The van der Waals surface area contributed by atoms with Gasteiger partial charge in [-0.15, -0.1) is 11.3 Å². The molecule has 0 aliphatic carbocycles. The highest BCUT2D eigenvalue weighted by atomic mass is 32.1. The quantitative estimate of drug-likeness (QED) is 0.886. The van der Waals surface area contributed by atoms with E-state index in [1.807, 2.05) is 32.5 Å². The fraction of sp³-hybridized carbons (Fsp3) is 0.500. The van der Waals surface area contributed by atoms with E-state index in [0.29, 0.717) is 0 Å². The highest BCUT2D eigenvalue weighted by molar-refractivity contribution is 7.09. The smallest absolute Gasteiger partial charge is 0.134 e. The first-order valence-electron chi connectivity index (χ1n) is 6.79. The van der Waals surface area contributed by atoms with Crippen LogP contribution in [0.25, 0.3) is 0 Å². The third kappa shape index (κ3) is 3.66. The number of aromatic nitrogens is 3. The van der Waals surface area contributed by atoms with Crippen molar-refractivity contribution in [1.29, 1.82) is 0 Å². The molecule has 2 aromatic heterocycles. The molecule has 0 aliphatic rings. The van der Waals surface area contributed by atoms with E-state index in [9.17, 15) is 0 Å². The summed E-state index contributed by atoms with van der Waals surface area (Å²) in [5.41, 5.74) is 2.98. The summed E-state index contributed by atoms with van der Waals surface area (Å²) in [6.07, 6.45) is 1.08. The Hall–Kier alpha value is -1.69. The molecule has 2 rings (SSSR count). The van der Waals surface area contributed by atoms with Crippen molar-refractivity contribution >= 4 is 23.0 Å². The second-order valence-corrected chi connectivity index (χ2v) is 5.74. The van der Waals surface area contributed by atoms with Crippen LogP contribution in [0.2, 0.25) is 0 Å². The van der Waals surface area contributed by atoms with Gasteiger partial charge in [-0.3, -0.25) is 0 Å². The van der Waals surface area contributed by atoms with E-state index in [1.165, 1.54) is 4.88 Å². The summed E-state index contributed by atoms with van der Waals surface area (Å²) in [6.45, 7) is 7.85. The van der Waals surface area contributed by atoms with Crippen molar-refractivity contribution < 1.29 is 0 Å². The monoisotopic (exact) mass is 291 g/mol. The molecule has 0 aliphatic heterocycles. The van der Waals surface area contributed by atoms with Crippen molar-refractivity contribution in [3.63, 3.8) is 0 Å². The molecule has 108 valence electrons. The fourth-order valence-corrected chi connectivity index (χ4v) is 2.70. The van der Waals surface area contributed by atoms with Crippen LogP contribution in [0, 0.1) is 13.8 Å². The van der Waals surface area contributed by atoms with Crippen LogP contribution >= 0.6 is 11.3 Å². The molecule has 20 heavy (non-hydrogen) atoms. The zero-order chi connectivity index (χ0) is 14.5. The predicted octanol–water partition coefficient (Wildman–Crippen LogP) is 3.01. The molecular weight excluding hydrogens is 270 g/mol. The van der Waals surface area contributed by atoms with E-state index in [-0.39, 0.29) is 0 Å². The normalized spacial score (nSPS) is 10.6. The lowest BCUT2D eigenvalue weighted by atomic mass is 10.3. The molecule has 0 aromatic carbocycles. The van der Waals surface area contributed by atoms with Crippen molar-refractivity contribution in [3.8, 4) is 0 Å². The Kier molecular flexibility index (Phi) is 4.89. The zero-order valence-corrected chi connectivity index (χ0v) is 13.3. The molecule has 0 saturated heterocycles. The highest BCUT2D eigenvalue weighted by Gasteiger charge is 2.10. The maximum Gasteiger partial charge on any atom is 0.134 e. The molecule has 2 heterocycles. The van der Waals surface area contributed by atoms with Gasteiger partial charge in [-0.2, -0.15) is 0 Å². The molecule has 0 saturated carbocycles. The molecule has 0 radical (unpaired) electrons. The van der Waals surface area contributed by atoms with Gasteiger partial charge in [-0.1, -0.05) is 6.92 Å². The summed E-state index contributed by atoms with van der Waals surface area (Å²) in [4.78, 5) is 16.6. The lowest BCUT2D eigenvalue weighted by molar-refractivity contribution is 0.878. The number of thiazole rings is 1. The van der Waals surface area contributed by atoms with Gasteiger partial charge in [0.15, 0.2) is 0 Å². The molecule has 1 N–H and O–H groups in total. The van der Waals surface area contributed by atoms with Crippen LogP contribution in [0.4, 0.5) is 11.6 Å². The Labute approximate surface area is 124 Å². The van der Waals surface area contributed by atoms with Crippen LogP contribution in [-0.2, 0) is 6.54 Å². The number of anilines is 2. The Balaban J connectivity index is 2.14. The first-order valence-corrected chi connectivity index (χ1v) is 7.67. The van der Waals surface area contributed by atoms with Crippen molar-refractivity contribution in [2.45, 2.75) is 33.7 Å². The molecule has 0 atom stereocenters. The number of nitrogens with zero attached hydrogens (tertiary/aromatic N) is 4. The standard InChI is InChI=1S/C14H21N5S/c1-5-6-15-13-7-14(18-11(3)17-13)19(4)8-12-10(2)16-9-20-12/h7,9H,5-6,8H2,1-4H3,(H,15,17,18). The number of hydrogen-bond acceptors (Lipinski definition) is 6. The van der Waals surface area contributed by atoms with Crippen LogP contribution < -0.4 is 10.2 Å². The minimum absolute atomic E-state index is 0.786. The SMILES string of the molecule is CCCNc1cc(N(C)Cc2scnc2C)nc(C)n1. The van der Waals surface area contributed by atoms with Crippen LogP contribution in [0.1, 0.15) is 29.7 Å². The van der Waals surface area contributed by atoms with E-state index in [0.717, 1.165) is 42.7 Å². The van der Waals surface area contributed by atoms with E-state index < -0.39 is 0 Å². The van der Waals surface area contributed by atoms with Crippen molar-refractivity contribution in [1.82, 2.24) is 15.0 Å². The van der Waals surface area contributed by atoms with E-state index >= 15 is 0 Å². The number of aryl methyl sites for hydroxylation is 2. The molecule has 6 heteroatoms. The predicted molar refractivity (Wildman–Crippen MR) is 84.5 cm³/mol. The largest absolute Gasteiger partial charge is 0.370 e. The highest BCUT2D eigenvalue weighted by Crippen LogP contribution is 2.20. The number of rotatable bonds is 6. The first-order chi connectivity index (χ1) is 9.60. The molecular formula is C14H21N5S. The number of hydrogen-bond donors (Lipinski definition) is 1. The lowest BCUT2D eigenvalue weighted by Gasteiger charge is -2.19. The summed E-state index contributed by atoms with van der Waals surface area (Å²) < 4.78 is 0. The summed E-state index contributed by atoms with van der Waals surface area (Å²) in [5.74, 6) is 2.61. The van der Waals surface area contributed by atoms with Gasteiger partial charge in [0, 0.05) is 24.5 Å². The maximum absolute atomic E-state index is 4.51. The van der Waals surface area contributed by atoms with E-state index in [2.05, 4.69) is 32.1 Å². The van der Waals surface area contributed by atoms with E-state index in [1.54, 1.807) is 11.3 Å². The molecule has 5 nitrogen and oxygen atoms in total. The van der Waals surface area contributed by atoms with Gasteiger partial charge >= 0.3 is 0 Å². The maximum atomic E-state index is 4.51. The molecule has 0 fully saturated rings. The lowest BCUT2D eigenvalue weighted by Crippen LogP contribution is -2.19. The molecule has 0 bridgehead atoms. The van der Waals surface area contributed by atoms with Gasteiger partial charge in [0.2, 0.25) is 0 Å². The first kappa shape index (κ1) is 14.7.